The lowest BCUT2D eigenvalue weighted by molar-refractivity contribution is 0.144. The number of aromatic nitrogens is 2. The molecule has 0 aliphatic carbocycles. The van der Waals surface area contributed by atoms with E-state index in [2.05, 4.69) is 9.88 Å². The summed E-state index contributed by atoms with van der Waals surface area (Å²) in [6.45, 7) is 2.52. The van der Waals surface area contributed by atoms with Crippen LogP contribution < -0.4 is 5.73 Å². The number of hydrogen-bond acceptors (Lipinski definition) is 10. The highest BCUT2D eigenvalue weighted by Crippen LogP contribution is 2.30. The molecule has 0 radical (unpaired) electrons. The summed E-state index contributed by atoms with van der Waals surface area (Å²) in [7, 11) is -3.07. The maximum Gasteiger partial charge on any atom is 0.206 e. The van der Waals surface area contributed by atoms with Gasteiger partial charge in [0.25, 0.3) is 0 Å². The van der Waals surface area contributed by atoms with Crippen molar-refractivity contribution < 1.29 is 21.6 Å². The van der Waals surface area contributed by atoms with Crippen molar-refractivity contribution in [3.8, 4) is 11.4 Å². The summed E-state index contributed by atoms with van der Waals surface area (Å²) in [4.78, 5) is 13.8. The van der Waals surface area contributed by atoms with Crippen LogP contribution in [0.5, 0.6) is 0 Å². The van der Waals surface area contributed by atoms with Gasteiger partial charge in [-0.05, 0) is 62.8 Å². The van der Waals surface area contributed by atoms with Crippen LogP contribution in [-0.2, 0) is 31.0 Å². The molecule has 0 saturated carbocycles. The Labute approximate surface area is 236 Å². The van der Waals surface area contributed by atoms with Gasteiger partial charge in [-0.25, -0.2) is 26.8 Å². The predicted molar refractivity (Wildman–Crippen MR) is 156 cm³/mol. The standard InChI is InChI=1S/C28H35N5O5S2/c1-32(17-18-39(3,34)35)15-7-8-16-33-20-25-24(19-26(33)38-2)27(29)31-28(30-25)21-11-13-23(14-12-21)40(36,37)22-9-5-4-6-10-22/h4-6,9-14,19H,7-8,15-18,20H2,1-3H3,(H2,29,30,31). The summed E-state index contributed by atoms with van der Waals surface area (Å²) in [6, 6.07) is 14.8. The normalized spacial score (nSPS) is 13.7. The predicted octanol–water partition coefficient (Wildman–Crippen LogP) is 3.08. The second-order valence-corrected chi connectivity index (χ2v) is 14.1. The molecule has 1 aliphatic heterocycles. The van der Waals surface area contributed by atoms with Crippen LogP contribution in [0, 0.1) is 0 Å². The van der Waals surface area contributed by atoms with Crippen LogP contribution in [0.1, 0.15) is 24.1 Å². The second kappa shape index (κ2) is 12.4. The Kier molecular flexibility index (Phi) is 9.12. The molecule has 0 atom stereocenters. The van der Waals surface area contributed by atoms with E-state index in [1.54, 1.807) is 61.7 Å². The van der Waals surface area contributed by atoms with E-state index in [4.69, 9.17) is 15.5 Å². The molecule has 10 nitrogen and oxygen atoms in total. The van der Waals surface area contributed by atoms with E-state index in [0.29, 0.717) is 41.7 Å². The number of fused-ring (bicyclic) bond motifs is 1. The van der Waals surface area contributed by atoms with E-state index in [9.17, 15) is 16.8 Å². The molecular formula is C28H35N5O5S2. The number of ether oxygens (including phenoxy) is 1. The molecule has 0 spiro atoms. The zero-order valence-electron chi connectivity index (χ0n) is 22.9. The fraction of sp³-hybridized carbons (Fsp3) is 0.357. The fourth-order valence-corrected chi connectivity index (χ4v) is 6.35. The maximum absolute atomic E-state index is 12.9. The fourth-order valence-electron chi connectivity index (χ4n) is 4.43. The summed E-state index contributed by atoms with van der Waals surface area (Å²) in [6.07, 6.45) is 4.87. The average molecular weight is 586 g/mol. The van der Waals surface area contributed by atoms with Crippen molar-refractivity contribution in [1.82, 2.24) is 19.8 Å². The van der Waals surface area contributed by atoms with Crippen molar-refractivity contribution in [2.75, 3.05) is 51.5 Å². The van der Waals surface area contributed by atoms with E-state index in [1.165, 1.54) is 6.26 Å². The lowest BCUT2D eigenvalue weighted by atomic mass is 10.1. The minimum Gasteiger partial charge on any atom is -0.482 e. The summed E-state index contributed by atoms with van der Waals surface area (Å²) in [5.41, 5.74) is 8.44. The molecule has 2 aromatic carbocycles. The minimum absolute atomic E-state index is 0.151. The molecule has 1 aromatic heterocycles. The lowest BCUT2D eigenvalue weighted by Crippen LogP contribution is -2.30. The third-order valence-electron chi connectivity index (χ3n) is 6.72. The average Bonchev–Trinajstić information content (AvgIpc) is 2.94. The van der Waals surface area contributed by atoms with E-state index in [0.717, 1.165) is 31.6 Å². The molecule has 12 heteroatoms. The SMILES string of the molecule is COC1=Cc2c(N)nc(-c3ccc(S(=O)(=O)c4ccccc4)cc3)nc2CN1CCCCN(C)CCS(C)(=O)=O. The lowest BCUT2D eigenvalue weighted by Gasteiger charge is -2.30. The molecule has 3 aromatic rings. The molecular weight excluding hydrogens is 550 g/mol. The Bertz CT molecular complexity index is 1580. The molecule has 0 fully saturated rings. The Morgan fingerprint density at radius 2 is 1.62 bits per heavy atom. The van der Waals surface area contributed by atoms with E-state index in [1.807, 2.05) is 18.0 Å². The summed E-state index contributed by atoms with van der Waals surface area (Å²) in [5, 5.41) is 0. The van der Waals surface area contributed by atoms with E-state index in [-0.39, 0.29) is 15.5 Å². The molecule has 4 rings (SSSR count). The first kappa shape index (κ1) is 29.5. The zero-order valence-corrected chi connectivity index (χ0v) is 24.6. The van der Waals surface area contributed by atoms with Crippen molar-refractivity contribution in [2.24, 2.45) is 0 Å². The highest BCUT2D eigenvalue weighted by Gasteiger charge is 2.24. The van der Waals surface area contributed by atoms with Crippen LogP contribution >= 0.6 is 0 Å². The van der Waals surface area contributed by atoms with Crippen LogP contribution in [0.15, 0.2) is 70.3 Å². The van der Waals surface area contributed by atoms with Gasteiger partial charge in [0.2, 0.25) is 9.84 Å². The molecule has 40 heavy (non-hydrogen) atoms. The van der Waals surface area contributed by atoms with E-state index < -0.39 is 19.7 Å². The van der Waals surface area contributed by atoms with Crippen LogP contribution in [-0.4, -0.2) is 82.4 Å². The van der Waals surface area contributed by atoms with Crippen molar-refractivity contribution in [3.63, 3.8) is 0 Å². The molecule has 2 N–H and O–H groups in total. The monoisotopic (exact) mass is 585 g/mol. The molecule has 0 bridgehead atoms. The van der Waals surface area contributed by atoms with Gasteiger partial charge in [0, 0.05) is 36.5 Å². The summed E-state index contributed by atoms with van der Waals surface area (Å²) < 4.78 is 54.3. The van der Waals surface area contributed by atoms with Crippen molar-refractivity contribution in [2.45, 2.75) is 29.2 Å². The number of nitrogens with two attached hydrogens (primary N) is 1. The number of anilines is 1. The number of hydrogen-bond donors (Lipinski definition) is 1. The maximum atomic E-state index is 12.9. The topological polar surface area (TPSA) is 136 Å². The zero-order chi connectivity index (χ0) is 28.9. The third-order valence-corrected chi connectivity index (χ3v) is 9.43. The number of nitrogen functional groups attached to an aromatic ring is 1. The number of rotatable bonds is 12. The van der Waals surface area contributed by atoms with Crippen LogP contribution in [0.4, 0.5) is 5.82 Å². The smallest absolute Gasteiger partial charge is 0.206 e. The van der Waals surface area contributed by atoms with Crippen molar-refractivity contribution in [3.05, 3.63) is 71.7 Å². The van der Waals surface area contributed by atoms with Gasteiger partial charge in [-0.3, -0.25) is 0 Å². The molecule has 0 saturated heterocycles. The Morgan fingerprint density at radius 1 is 0.950 bits per heavy atom. The van der Waals surface area contributed by atoms with Gasteiger partial charge >= 0.3 is 0 Å². The van der Waals surface area contributed by atoms with Crippen LogP contribution in [0.25, 0.3) is 17.5 Å². The molecule has 2 heterocycles. The van der Waals surface area contributed by atoms with Gasteiger partial charge in [-0.1, -0.05) is 18.2 Å². The van der Waals surface area contributed by atoms with Gasteiger partial charge in [0.05, 0.1) is 34.9 Å². The van der Waals surface area contributed by atoms with Gasteiger partial charge in [-0.15, -0.1) is 0 Å². The van der Waals surface area contributed by atoms with Crippen LogP contribution in [0.3, 0.4) is 0 Å². The molecule has 0 amide bonds. The van der Waals surface area contributed by atoms with Gasteiger partial charge < -0.3 is 20.3 Å². The Hall–Kier alpha value is -3.48. The number of sulfone groups is 2. The minimum atomic E-state index is -3.63. The number of unbranched alkanes of at least 4 members (excludes halogenated alkanes) is 1. The summed E-state index contributed by atoms with van der Waals surface area (Å²) >= 11 is 0. The second-order valence-electron chi connectivity index (χ2n) is 9.88. The van der Waals surface area contributed by atoms with Gasteiger partial charge in [0.15, 0.2) is 11.7 Å². The molecule has 1 aliphatic rings. The largest absolute Gasteiger partial charge is 0.482 e. The number of methoxy groups -OCH3 is 1. The molecule has 0 unspecified atom stereocenters. The highest BCUT2D eigenvalue weighted by atomic mass is 32.2. The highest BCUT2D eigenvalue weighted by molar-refractivity contribution is 7.91. The Balaban J connectivity index is 1.46. The van der Waals surface area contributed by atoms with Crippen molar-refractivity contribution in [1.29, 1.82) is 0 Å². The third kappa shape index (κ3) is 7.18. The number of nitrogens with zero attached hydrogens (tertiary/aromatic N) is 4. The first-order valence-corrected chi connectivity index (χ1v) is 16.5. The van der Waals surface area contributed by atoms with Gasteiger partial charge in [-0.2, -0.15) is 0 Å². The first-order valence-electron chi connectivity index (χ1n) is 12.9. The number of benzene rings is 2. The van der Waals surface area contributed by atoms with Crippen LogP contribution in [0.2, 0.25) is 0 Å². The van der Waals surface area contributed by atoms with E-state index >= 15 is 0 Å². The first-order chi connectivity index (χ1) is 19.0. The quantitative estimate of drug-likeness (QED) is 0.316. The molecule has 214 valence electrons. The Morgan fingerprint density at radius 3 is 2.27 bits per heavy atom. The summed E-state index contributed by atoms with van der Waals surface area (Å²) in [5.74, 6) is 1.57. The van der Waals surface area contributed by atoms with Gasteiger partial charge in [0.1, 0.15) is 15.7 Å². The van der Waals surface area contributed by atoms with Crippen molar-refractivity contribution >= 4 is 31.6 Å².